The van der Waals surface area contributed by atoms with Gasteiger partial charge in [0.2, 0.25) is 5.82 Å². The molecule has 7 heteroatoms. The first-order valence-corrected chi connectivity index (χ1v) is 11.8. The number of hydrogen-bond acceptors (Lipinski definition) is 5. The third-order valence-electron chi connectivity index (χ3n) is 6.70. The Morgan fingerprint density at radius 3 is 2.65 bits per heavy atom. The summed E-state index contributed by atoms with van der Waals surface area (Å²) in [5, 5.41) is 28.0. The fourth-order valence-corrected chi connectivity index (χ4v) is 4.95. The summed E-state index contributed by atoms with van der Waals surface area (Å²) in [5.41, 5.74) is 1.21. The molecule has 34 heavy (non-hydrogen) atoms. The van der Waals surface area contributed by atoms with Gasteiger partial charge in [0.25, 0.3) is 0 Å². The largest absolute Gasteiger partial charge is 0.390 e. The lowest BCUT2D eigenvalue weighted by atomic mass is 9.93. The summed E-state index contributed by atoms with van der Waals surface area (Å²) in [4.78, 5) is 12.5. The molecule has 0 bridgehead atoms. The van der Waals surface area contributed by atoms with Crippen LogP contribution in [0.1, 0.15) is 37.8 Å². The quantitative estimate of drug-likeness (QED) is 0.350. The first-order chi connectivity index (χ1) is 16.2. The van der Waals surface area contributed by atoms with Crippen molar-refractivity contribution in [2.24, 2.45) is 0 Å². The van der Waals surface area contributed by atoms with Gasteiger partial charge in [0, 0.05) is 30.7 Å². The molecule has 6 nitrogen and oxygen atoms in total. The molecule has 1 aliphatic rings. The number of halogens is 1. The van der Waals surface area contributed by atoms with Crippen LogP contribution in [0.15, 0.2) is 60.7 Å². The molecule has 0 unspecified atom stereocenters. The smallest absolute Gasteiger partial charge is 0.305 e. The number of hydrogen-bond donors (Lipinski definition) is 2. The van der Waals surface area contributed by atoms with E-state index in [0.29, 0.717) is 18.7 Å². The van der Waals surface area contributed by atoms with E-state index >= 15 is 0 Å². The molecule has 0 aliphatic carbocycles. The van der Waals surface area contributed by atoms with Gasteiger partial charge in [0.15, 0.2) is 0 Å². The maximum absolute atomic E-state index is 13.7. The van der Waals surface area contributed by atoms with Crippen LogP contribution in [0.5, 0.6) is 0 Å². The highest BCUT2D eigenvalue weighted by Gasteiger charge is 2.32. The average Bonchev–Trinajstić information content (AvgIpc) is 3.26. The fourth-order valence-electron chi connectivity index (χ4n) is 4.95. The maximum Gasteiger partial charge on any atom is 0.305 e. The number of likely N-dealkylation sites (tertiary alicyclic amines) is 1. The normalized spacial score (nSPS) is 17.8. The van der Waals surface area contributed by atoms with Gasteiger partial charge in [0.05, 0.1) is 11.0 Å². The van der Waals surface area contributed by atoms with Gasteiger partial charge in [-0.15, -0.1) is 0 Å². The van der Waals surface area contributed by atoms with Crippen LogP contribution in [-0.4, -0.2) is 45.7 Å². The lowest BCUT2D eigenvalue weighted by Gasteiger charge is -2.33. The second-order valence-corrected chi connectivity index (χ2v) is 9.91. The van der Waals surface area contributed by atoms with Crippen molar-refractivity contribution in [3.63, 3.8) is 0 Å². The zero-order valence-corrected chi connectivity index (χ0v) is 19.7. The number of nitrogens with zero attached hydrogens (tertiary/aromatic N) is 2. The van der Waals surface area contributed by atoms with Crippen molar-refractivity contribution in [2.45, 2.75) is 57.3 Å². The monoisotopic (exact) mass is 465 g/mol. The van der Waals surface area contributed by atoms with Gasteiger partial charge in [-0.3, -0.25) is 15.0 Å². The Balaban J connectivity index is 1.36. The van der Waals surface area contributed by atoms with E-state index in [9.17, 15) is 19.6 Å². The van der Waals surface area contributed by atoms with Crippen molar-refractivity contribution in [3.8, 4) is 0 Å². The van der Waals surface area contributed by atoms with E-state index in [2.05, 4.69) is 54.4 Å². The zero-order valence-electron chi connectivity index (χ0n) is 19.7. The van der Waals surface area contributed by atoms with E-state index in [4.69, 9.17) is 0 Å². The highest BCUT2D eigenvalue weighted by atomic mass is 19.1. The van der Waals surface area contributed by atoms with Crippen molar-refractivity contribution in [3.05, 3.63) is 87.7 Å². The summed E-state index contributed by atoms with van der Waals surface area (Å²) >= 11 is 0. The van der Waals surface area contributed by atoms with E-state index in [-0.39, 0.29) is 11.6 Å². The third kappa shape index (κ3) is 5.78. The van der Waals surface area contributed by atoms with Crippen LogP contribution in [-0.2, 0) is 13.0 Å². The number of benzene rings is 3. The topological polar surface area (TPSA) is 78.6 Å². The minimum atomic E-state index is -0.829. The molecule has 1 fully saturated rings. The van der Waals surface area contributed by atoms with Gasteiger partial charge < -0.3 is 10.4 Å². The predicted molar refractivity (Wildman–Crippen MR) is 132 cm³/mol. The molecule has 2 N–H and O–H groups in total. The minimum absolute atomic E-state index is 0.0481. The highest BCUT2D eigenvalue weighted by Crippen LogP contribution is 2.26. The summed E-state index contributed by atoms with van der Waals surface area (Å²) in [6.45, 7) is 5.97. The molecule has 0 amide bonds. The fraction of sp³-hybridized carbons (Fsp3) is 0.407. The van der Waals surface area contributed by atoms with Gasteiger partial charge in [-0.1, -0.05) is 48.5 Å². The standard InChI is InChI=1S/C27H32FN3O3/c1-27(2,16-19-9-11-21-6-3-4-7-22(21)14-19)29-17-26(32)24-8-5-13-30(24)18-20-10-12-23(28)25(15-20)31(33)34/h3-4,6-7,9-12,14-15,24,26,29,32H,5,8,13,16-18H2,1-2H3/t24-,26-/m1/s1. The molecule has 0 radical (unpaired) electrons. The summed E-state index contributed by atoms with van der Waals surface area (Å²) in [5.74, 6) is -0.829. The molecular formula is C27H32FN3O3. The molecule has 180 valence electrons. The average molecular weight is 466 g/mol. The van der Waals surface area contributed by atoms with E-state index in [1.807, 2.05) is 12.1 Å². The SMILES string of the molecule is CC(C)(Cc1ccc2ccccc2c1)NC[C@@H](O)[C@H]1CCCN1Cc1ccc(F)c([N+](=O)[O-])c1. The zero-order chi connectivity index (χ0) is 24.3. The van der Waals surface area contributed by atoms with Crippen molar-refractivity contribution < 1.29 is 14.4 Å². The van der Waals surface area contributed by atoms with Crippen molar-refractivity contribution in [2.75, 3.05) is 13.1 Å². The van der Waals surface area contributed by atoms with Crippen LogP contribution in [0.2, 0.25) is 0 Å². The molecular weight excluding hydrogens is 433 g/mol. The van der Waals surface area contributed by atoms with Gasteiger partial charge in [-0.25, -0.2) is 0 Å². The van der Waals surface area contributed by atoms with Gasteiger partial charge in [-0.05, 0) is 67.6 Å². The molecule has 0 saturated carbocycles. The number of nitro groups is 1. The number of aliphatic hydroxyl groups is 1. The molecule has 1 saturated heterocycles. The second kappa shape index (κ2) is 10.2. The Kier molecular flexibility index (Phi) is 7.26. The van der Waals surface area contributed by atoms with Crippen LogP contribution in [0.4, 0.5) is 10.1 Å². The first-order valence-electron chi connectivity index (χ1n) is 11.8. The minimum Gasteiger partial charge on any atom is -0.390 e. The molecule has 0 spiro atoms. The van der Waals surface area contributed by atoms with Gasteiger partial charge >= 0.3 is 5.69 Å². The van der Waals surface area contributed by atoms with Crippen LogP contribution >= 0.6 is 0 Å². The molecule has 4 rings (SSSR count). The second-order valence-electron chi connectivity index (χ2n) is 9.91. The predicted octanol–water partition coefficient (Wildman–Crippen LogP) is 4.82. The van der Waals surface area contributed by atoms with Crippen molar-refractivity contribution in [1.29, 1.82) is 0 Å². The van der Waals surface area contributed by atoms with Crippen molar-refractivity contribution >= 4 is 16.5 Å². The Hall–Kier alpha value is -2.87. The van der Waals surface area contributed by atoms with Crippen LogP contribution in [0.25, 0.3) is 10.8 Å². The highest BCUT2D eigenvalue weighted by molar-refractivity contribution is 5.83. The van der Waals surface area contributed by atoms with Gasteiger partial charge in [-0.2, -0.15) is 4.39 Å². The molecule has 3 aromatic rings. The van der Waals surface area contributed by atoms with Crippen LogP contribution in [0.3, 0.4) is 0 Å². The number of aliphatic hydroxyl groups excluding tert-OH is 1. The molecule has 2 atom stereocenters. The summed E-state index contributed by atoms with van der Waals surface area (Å²) in [6, 6.07) is 18.8. The number of fused-ring (bicyclic) bond motifs is 1. The van der Waals surface area contributed by atoms with E-state index in [1.54, 1.807) is 6.07 Å². The Labute approximate surface area is 199 Å². The lowest BCUT2D eigenvalue weighted by Crippen LogP contribution is -2.50. The summed E-state index contributed by atoms with van der Waals surface area (Å²) < 4.78 is 13.7. The Bertz CT molecular complexity index is 1170. The first kappa shape index (κ1) is 24.3. The molecule has 3 aromatic carbocycles. The molecule has 1 aliphatic heterocycles. The summed E-state index contributed by atoms with van der Waals surface area (Å²) in [6.07, 6.45) is 2.06. The number of β-amino-alcohol motifs (C(OH)–C–C–N with tert-alkyl or cyclic N) is 1. The molecule has 0 aromatic heterocycles. The van der Waals surface area contributed by atoms with E-state index in [1.165, 1.54) is 22.4 Å². The maximum atomic E-state index is 13.7. The number of nitrogens with one attached hydrogen (secondary N) is 1. The Morgan fingerprint density at radius 1 is 1.15 bits per heavy atom. The number of nitro benzene ring substituents is 1. The van der Waals surface area contributed by atoms with Crippen LogP contribution in [0, 0.1) is 15.9 Å². The van der Waals surface area contributed by atoms with E-state index in [0.717, 1.165) is 31.9 Å². The lowest BCUT2D eigenvalue weighted by molar-refractivity contribution is -0.387. The third-order valence-corrected chi connectivity index (χ3v) is 6.70. The van der Waals surface area contributed by atoms with Crippen LogP contribution < -0.4 is 5.32 Å². The Morgan fingerprint density at radius 2 is 1.88 bits per heavy atom. The molecule has 1 heterocycles. The van der Waals surface area contributed by atoms with Crippen molar-refractivity contribution in [1.82, 2.24) is 10.2 Å². The summed E-state index contributed by atoms with van der Waals surface area (Å²) in [7, 11) is 0. The number of rotatable bonds is 9. The van der Waals surface area contributed by atoms with E-state index < -0.39 is 22.5 Å². The van der Waals surface area contributed by atoms with Gasteiger partial charge in [0.1, 0.15) is 0 Å².